The summed E-state index contributed by atoms with van der Waals surface area (Å²) in [7, 11) is -8.84. The highest BCUT2D eigenvalue weighted by Crippen LogP contribution is 2.49. The number of sulfone groups is 2. The number of ether oxygens (including phenoxy) is 2. The van der Waals surface area contributed by atoms with Crippen molar-refractivity contribution in [2.45, 2.75) is 22.6 Å². The fraction of sp³-hybridized carbons (Fsp3) is 0.207. The van der Waals surface area contributed by atoms with Gasteiger partial charge in [0.2, 0.25) is 9.84 Å². The largest absolute Gasteiger partial charge is 0.462 e. The molecule has 5 rings (SSSR count). The van der Waals surface area contributed by atoms with E-state index in [2.05, 4.69) is 4.99 Å². The summed E-state index contributed by atoms with van der Waals surface area (Å²) in [6.07, 6.45) is 0. The number of allylic oxidation sites excluding steroid dienone is 1. The highest BCUT2D eigenvalue weighted by atomic mass is 35.5. The van der Waals surface area contributed by atoms with Gasteiger partial charge in [0.1, 0.15) is 24.9 Å². The smallest absolute Gasteiger partial charge is 0.338 e. The fourth-order valence-electron chi connectivity index (χ4n) is 5.08. The van der Waals surface area contributed by atoms with Crippen LogP contribution in [0.4, 0.5) is 4.39 Å². The van der Waals surface area contributed by atoms with Crippen molar-refractivity contribution in [3.63, 3.8) is 0 Å². The van der Waals surface area contributed by atoms with Gasteiger partial charge in [-0.3, -0.25) is 9.79 Å². The number of hydrogen-bond donors (Lipinski definition) is 0. The quantitative estimate of drug-likeness (QED) is 0.286. The van der Waals surface area contributed by atoms with Crippen LogP contribution < -0.4 is 0 Å². The summed E-state index contributed by atoms with van der Waals surface area (Å²) in [4.78, 5) is 28.5. The minimum Gasteiger partial charge on any atom is -0.462 e. The molecule has 2 unspecified atom stereocenters. The van der Waals surface area contributed by atoms with Crippen molar-refractivity contribution in [3.05, 3.63) is 105 Å². The molecule has 0 amide bonds. The van der Waals surface area contributed by atoms with Gasteiger partial charge in [-0.1, -0.05) is 48.0 Å². The maximum atomic E-state index is 15.4. The van der Waals surface area contributed by atoms with Gasteiger partial charge in [-0.2, -0.15) is 0 Å². The van der Waals surface area contributed by atoms with Crippen LogP contribution in [0.15, 0.2) is 98.2 Å². The molecule has 13 heteroatoms. The van der Waals surface area contributed by atoms with Crippen molar-refractivity contribution in [1.82, 2.24) is 0 Å². The zero-order valence-electron chi connectivity index (χ0n) is 22.0. The lowest BCUT2D eigenvalue weighted by Gasteiger charge is -2.32. The van der Waals surface area contributed by atoms with Gasteiger partial charge in [-0.25, -0.2) is 26.0 Å². The minimum atomic E-state index is -4.65. The summed E-state index contributed by atoms with van der Waals surface area (Å²) < 4.78 is 80.7. The summed E-state index contributed by atoms with van der Waals surface area (Å²) in [5, 5.41) is -0.174. The molecule has 0 bridgehead atoms. The molecule has 2 aliphatic heterocycles. The van der Waals surface area contributed by atoms with Gasteiger partial charge in [0, 0.05) is 22.2 Å². The van der Waals surface area contributed by atoms with Crippen LogP contribution in [0.2, 0.25) is 5.02 Å². The Labute approximate surface area is 246 Å². The average Bonchev–Trinajstić information content (AvgIpc) is 3.01. The van der Waals surface area contributed by atoms with Crippen LogP contribution in [0.5, 0.6) is 0 Å². The van der Waals surface area contributed by atoms with E-state index in [1.165, 1.54) is 37.3 Å². The van der Waals surface area contributed by atoms with Crippen LogP contribution >= 0.6 is 11.6 Å². The third-order valence-electron chi connectivity index (χ3n) is 6.89. The zero-order chi connectivity index (χ0) is 30.2. The second-order valence-corrected chi connectivity index (χ2v) is 13.8. The van der Waals surface area contributed by atoms with Gasteiger partial charge in [0.15, 0.2) is 9.84 Å². The number of carbonyl (C=O) groups excluding carboxylic acids is 2. The molecular weight excluding hydrogens is 609 g/mol. The van der Waals surface area contributed by atoms with Crippen molar-refractivity contribution in [2.24, 2.45) is 10.9 Å². The molecule has 0 saturated carbocycles. The number of nitrogens with zero attached hydrogens (tertiary/aromatic N) is 1. The van der Waals surface area contributed by atoms with E-state index in [1.54, 1.807) is 30.3 Å². The van der Waals surface area contributed by atoms with E-state index in [0.717, 1.165) is 12.1 Å². The molecule has 0 saturated heterocycles. The zero-order valence-corrected chi connectivity index (χ0v) is 24.4. The van der Waals surface area contributed by atoms with Gasteiger partial charge >= 0.3 is 11.9 Å². The number of carbonyl (C=O) groups is 2. The first kappa shape index (κ1) is 29.6. The van der Waals surface area contributed by atoms with Crippen molar-refractivity contribution in [1.29, 1.82) is 0 Å². The van der Waals surface area contributed by atoms with Crippen molar-refractivity contribution >= 4 is 48.9 Å². The molecule has 0 aromatic heterocycles. The van der Waals surface area contributed by atoms with E-state index in [1.807, 2.05) is 0 Å². The van der Waals surface area contributed by atoms with E-state index in [0.29, 0.717) is 5.56 Å². The third-order valence-corrected chi connectivity index (χ3v) is 11.0. The predicted molar refractivity (Wildman–Crippen MR) is 151 cm³/mol. The van der Waals surface area contributed by atoms with Crippen LogP contribution in [-0.2, 0) is 33.9 Å². The monoisotopic (exact) mass is 631 g/mol. The van der Waals surface area contributed by atoms with Crippen LogP contribution in [0, 0.1) is 11.7 Å². The Morgan fingerprint density at radius 1 is 0.905 bits per heavy atom. The SMILES string of the molecule is CC1=NC2=C(C(c3c(F)cccc3Cl)C1C(=O)OCCOC(=O)c1ccccc1)S(=O)(=O)c1ccccc1S(=O)(=O)C2. The van der Waals surface area contributed by atoms with Crippen LogP contribution in [0.25, 0.3) is 0 Å². The molecule has 3 aromatic rings. The lowest BCUT2D eigenvalue weighted by atomic mass is 9.80. The van der Waals surface area contributed by atoms with E-state index in [-0.39, 0.29) is 28.6 Å². The molecule has 3 aromatic carbocycles. The number of rotatable bonds is 6. The summed E-state index contributed by atoms with van der Waals surface area (Å²) in [5.41, 5.74) is -0.366. The number of halogens is 2. The molecule has 42 heavy (non-hydrogen) atoms. The summed E-state index contributed by atoms with van der Waals surface area (Å²) >= 11 is 6.40. The second kappa shape index (κ2) is 11.4. The molecular formula is C29H23ClFNO8S2. The maximum absolute atomic E-state index is 15.4. The Bertz CT molecular complexity index is 1850. The van der Waals surface area contributed by atoms with Gasteiger partial charge in [0.05, 0.1) is 31.7 Å². The first-order valence-corrected chi connectivity index (χ1v) is 16.1. The molecule has 0 radical (unpaired) electrons. The Hall–Kier alpha value is -3.87. The van der Waals surface area contributed by atoms with E-state index >= 15 is 4.39 Å². The lowest BCUT2D eigenvalue weighted by Crippen LogP contribution is -2.37. The van der Waals surface area contributed by atoms with Gasteiger partial charge in [-0.05, 0) is 43.3 Å². The van der Waals surface area contributed by atoms with Crippen molar-refractivity contribution in [2.75, 3.05) is 19.0 Å². The van der Waals surface area contributed by atoms with Crippen LogP contribution in [0.1, 0.15) is 28.8 Å². The van der Waals surface area contributed by atoms with Crippen molar-refractivity contribution < 1.29 is 40.3 Å². The molecule has 2 aliphatic rings. The number of hydrogen-bond acceptors (Lipinski definition) is 9. The topological polar surface area (TPSA) is 133 Å². The first-order chi connectivity index (χ1) is 19.9. The van der Waals surface area contributed by atoms with Crippen LogP contribution in [0.3, 0.4) is 0 Å². The standard InChI is InChI=1S/C29H23ClFNO8S2/c1-17-24(29(34)40-15-14-39-28(33)18-8-3-2-4-9-18)26(25-19(30)10-7-11-20(25)31)27-21(32-17)16-41(35,36)22-12-5-6-13-23(22)42(27,37)38/h2-13,24,26H,14-16H2,1H3. The Morgan fingerprint density at radius 3 is 2.24 bits per heavy atom. The third kappa shape index (κ3) is 5.37. The molecule has 0 fully saturated rings. The molecule has 2 atom stereocenters. The van der Waals surface area contributed by atoms with Gasteiger partial charge in [0.25, 0.3) is 0 Å². The van der Waals surface area contributed by atoms with Crippen molar-refractivity contribution in [3.8, 4) is 0 Å². The summed E-state index contributed by atoms with van der Waals surface area (Å²) in [6.45, 7) is 0.685. The molecule has 0 spiro atoms. The molecule has 0 aliphatic carbocycles. The molecule has 0 N–H and O–H groups in total. The summed E-state index contributed by atoms with van der Waals surface area (Å²) in [5.74, 6) is -6.42. The van der Waals surface area contributed by atoms with Crippen LogP contribution in [-0.4, -0.2) is 53.5 Å². The Morgan fingerprint density at radius 2 is 1.55 bits per heavy atom. The molecule has 9 nitrogen and oxygen atoms in total. The number of fused-ring (bicyclic) bond motifs is 1. The number of aliphatic imine (C=N–C) groups is 1. The predicted octanol–water partition coefficient (Wildman–Crippen LogP) is 4.53. The Kier molecular flexibility index (Phi) is 8.06. The highest BCUT2D eigenvalue weighted by Gasteiger charge is 2.49. The normalized spacial score (nSPS) is 20.4. The first-order valence-electron chi connectivity index (χ1n) is 12.6. The van der Waals surface area contributed by atoms with Gasteiger partial charge < -0.3 is 9.47 Å². The number of esters is 2. The van der Waals surface area contributed by atoms with E-state index in [4.69, 9.17) is 21.1 Å². The van der Waals surface area contributed by atoms with E-state index in [9.17, 15) is 26.4 Å². The fourth-order valence-corrected chi connectivity index (χ4v) is 9.40. The summed E-state index contributed by atoms with van der Waals surface area (Å²) in [6, 6.07) is 16.9. The minimum absolute atomic E-state index is 0.000654. The maximum Gasteiger partial charge on any atom is 0.338 e. The molecule has 218 valence electrons. The average molecular weight is 632 g/mol. The van der Waals surface area contributed by atoms with E-state index < -0.39 is 76.3 Å². The Balaban J connectivity index is 1.55. The highest BCUT2D eigenvalue weighted by molar-refractivity contribution is 7.97. The van der Waals surface area contributed by atoms with Gasteiger partial charge in [-0.15, -0.1) is 0 Å². The lowest BCUT2D eigenvalue weighted by molar-refractivity contribution is -0.147. The number of benzene rings is 3. The second-order valence-electron chi connectivity index (χ2n) is 9.53. The molecule has 2 heterocycles.